The SMILES string of the molecule is COc1ccc(C2=NCCNC(C(F)(F)F)=C2)c(O)c1. The van der Waals surface area contributed by atoms with Crippen molar-refractivity contribution in [2.45, 2.75) is 6.18 Å². The first-order valence-corrected chi connectivity index (χ1v) is 5.86. The van der Waals surface area contributed by atoms with E-state index < -0.39 is 11.9 Å². The number of allylic oxidation sites excluding steroid dienone is 2. The van der Waals surface area contributed by atoms with E-state index >= 15 is 0 Å². The van der Waals surface area contributed by atoms with E-state index in [1.807, 2.05) is 0 Å². The zero-order chi connectivity index (χ0) is 14.8. The fraction of sp³-hybridized carbons (Fsp3) is 0.308. The van der Waals surface area contributed by atoms with E-state index in [4.69, 9.17) is 4.74 Å². The molecule has 0 unspecified atom stereocenters. The van der Waals surface area contributed by atoms with Gasteiger partial charge in [-0.15, -0.1) is 0 Å². The average Bonchev–Trinajstić information content (AvgIpc) is 2.63. The summed E-state index contributed by atoms with van der Waals surface area (Å²) < 4.78 is 43.2. The molecule has 0 bridgehead atoms. The second kappa shape index (κ2) is 5.44. The number of ether oxygens (including phenoxy) is 1. The third-order valence-corrected chi connectivity index (χ3v) is 2.78. The van der Waals surface area contributed by atoms with Crippen LogP contribution in [0.5, 0.6) is 11.5 Å². The van der Waals surface area contributed by atoms with Crippen LogP contribution in [0.1, 0.15) is 5.56 Å². The third kappa shape index (κ3) is 3.04. The molecule has 108 valence electrons. The van der Waals surface area contributed by atoms with Gasteiger partial charge in [0.15, 0.2) is 0 Å². The summed E-state index contributed by atoms with van der Waals surface area (Å²) in [5.74, 6) is 0.237. The molecular weight excluding hydrogens is 273 g/mol. The molecule has 0 aromatic heterocycles. The number of nitrogens with zero attached hydrogens (tertiary/aromatic N) is 1. The lowest BCUT2D eigenvalue weighted by atomic mass is 10.1. The summed E-state index contributed by atoms with van der Waals surface area (Å²) in [5.41, 5.74) is -0.553. The molecule has 1 aromatic carbocycles. The molecule has 1 aliphatic rings. The number of aliphatic imine (C=N–C) groups is 1. The standard InChI is InChI=1S/C13H13F3N2O2/c1-20-8-2-3-9(11(19)6-8)10-7-12(13(14,15)16)18-5-4-17-10/h2-3,6-7,18-19H,4-5H2,1H3. The Balaban J connectivity index is 2.42. The predicted molar refractivity (Wildman–Crippen MR) is 68.2 cm³/mol. The number of rotatable bonds is 2. The molecule has 1 heterocycles. The van der Waals surface area contributed by atoms with Crippen molar-refractivity contribution in [3.63, 3.8) is 0 Å². The fourth-order valence-corrected chi connectivity index (χ4v) is 1.80. The molecular formula is C13H13F3N2O2. The van der Waals surface area contributed by atoms with Crippen molar-refractivity contribution in [3.8, 4) is 11.5 Å². The maximum atomic E-state index is 12.8. The minimum atomic E-state index is -4.48. The lowest BCUT2D eigenvalue weighted by molar-refractivity contribution is -0.0964. The van der Waals surface area contributed by atoms with E-state index in [-0.39, 0.29) is 30.1 Å². The average molecular weight is 286 g/mol. The molecule has 0 fully saturated rings. The number of aromatic hydroxyl groups is 1. The zero-order valence-corrected chi connectivity index (χ0v) is 10.7. The van der Waals surface area contributed by atoms with Crippen molar-refractivity contribution in [1.82, 2.24) is 5.32 Å². The van der Waals surface area contributed by atoms with Gasteiger partial charge >= 0.3 is 6.18 Å². The van der Waals surface area contributed by atoms with Gasteiger partial charge in [0.2, 0.25) is 0 Å². The fourth-order valence-electron chi connectivity index (χ4n) is 1.80. The van der Waals surface area contributed by atoms with E-state index in [9.17, 15) is 18.3 Å². The minimum Gasteiger partial charge on any atom is -0.507 e. The number of nitrogens with one attached hydrogen (secondary N) is 1. The smallest absolute Gasteiger partial charge is 0.430 e. The van der Waals surface area contributed by atoms with Crippen LogP contribution >= 0.6 is 0 Å². The number of alkyl halides is 3. The summed E-state index contributed by atoms with van der Waals surface area (Å²) in [6.45, 7) is 0.280. The highest BCUT2D eigenvalue weighted by molar-refractivity contribution is 6.11. The minimum absolute atomic E-state index is 0.0856. The topological polar surface area (TPSA) is 53.8 Å². The maximum absolute atomic E-state index is 12.8. The summed E-state index contributed by atoms with van der Waals surface area (Å²) in [4.78, 5) is 4.05. The van der Waals surface area contributed by atoms with Crippen LogP contribution in [0.4, 0.5) is 13.2 Å². The largest absolute Gasteiger partial charge is 0.507 e. The van der Waals surface area contributed by atoms with Gasteiger partial charge in [-0.1, -0.05) is 0 Å². The van der Waals surface area contributed by atoms with Crippen LogP contribution < -0.4 is 10.1 Å². The Bertz CT molecular complexity index is 565. The van der Waals surface area contributed by atoms with Crippen LogP contribution in [0.3, 0.4) is 0 Å². The van der Waals surface area contributed by atoms with Gasteiger partial charge in [0, 0.05) is 18.2 Å². The molecule has 0 atom stereocenters. The second-order valence-corrected chi connectivity index (χ2v) is 4.13. The van der Waals surface area contributed by atoms with Gasteiger partial charge in [0.05, 0.1) is 19.4 Å². The molecule has 4 nitrogen and oxygen atoms in total. The highest BCUT2D eigenvalue weighted by Gasteiger charge is 2.34. The molecule has 0 spiro atoms. The lowest BCUT2D eigenvalue weighted by Gasteiger charge is -2.12. The summed E-state index contributed by atoms with van der Waals surface area (Å²) >= 11 is 0. The summed E-state index contributed by atoms with van der Waals surface area (Å²) in [5, 5.41) is 12.1. The van der Waals surface area contributed by atoms with E-state index in [1.54, 1.807) is 6.07 Å². The third-order valence-electron chi connectivity index (χ3n) is 2.78. The van der Waals surface area contributed by atoms with E-state index in [0.29, 0.717) is 5.75 Å². The first-order valence-electron chi connectivity index (χ1n) is 5.86. The van der Waals surface area contributed by atoms with Crippen molar-refractivity contribution in [3.05, 3.63) is 35.5 Å². The molecule has 1 aliphatic heterocycles. The van der Waals surface area contributed by atoms with Gasteiger partial charge in [-0.25, -0.2) is 0 Å². The molecule has 1 aromatic rings. The van der Waals surface area contributed by atoms with E-state index in [1.165, 1.54) is 19.2 Å². The van der Waals surface area contributed by atoms with Crippen molar-refractivity contribution >= 4 is 5.71 Å². The van der Waals surface area contributed by atoms with Crippen LogP contribution in [0, 0.1) is 0 Å². The van der Waals surface area contributed by atoms with Gasteiger partial charge in [-0.05, 0) is 18.2 Å². The molecule has 0 saturated heterocycles. The molecule has 2 rings (SSSR count). The van der Waals surface area contributed by atoms with Gasteiger partial charge in [-0.3, -0.25) is 4.99 Å². The van der Waals surface area contributed by atoms with Crippen LogP contribution in [-0.4, -0.2) is 37.2 Å². The van der Waals surface area contributed by atoms with E-state index in [0.717, 1.165) is 6.08 Å². The number of methoxy groups -OCH3 is 1. The molecule has 0 saturated carbocycles. The van der Waals surface area contributed by atoms with Crippen molar-refractivity contribution < 1.29 is 23.0 Å². The van der Waals surface area contributed by atoms with Gasteiger partial charge < -0.3 is 15.2 Å². The summed E-state index contributed by atoms with van der Waals surface area (Å²) in [6.07, 6.45) is -3.58. The zero-order valence-electron chi connectivity index (χ0n) is 10.7. The normalized spacial score (nSPS) is 15.8. The van der Waals surface area contributed by atoms with E-state index in [2.05, 4.69) is 10.3 Å². The molecule has 0 amide bonds. The Kier molecular flexibility index (Phi) is 3.87. The Hall–Kier alpha value is -2.18. The number of phenolic OH excluding ortho intramolecular Hbond substituents is 1. The lowest BCUT2D eigenvalue weighted by Crippen LogP contribution is -2.27. The quantitative estimate of drug-likeness (QED) is 0.876. The Morgan fingerprint density at radius 2 is 2.10 bits per heavy atom. The highest BCUT2D eigenvalue weighted by atomic mass is 19.4. The Morgan fingerprint density at radius 1 is 1.35 bits per heavy atom. The number of hydrogen-bond donors (Lipinski definition) is 2. The summed E-state index contributed by atoms with van der Waals surface area (Å²) in [7, 11) is 1.43. The number of hydrogen-bond acceptors (Lipinski definition) is 4. The maximum Gasteiger partial charge on any atom is 0.430 e. The van der Waals surface area contributed by atoms with Crippen molar-refractivity contribution in [2.24, 2.45) is 4.99 Å². The number of benzene rings is 1. The molecule has 0 aliphatic carbocycles. The number of phenols is 1. The first kappa shape index (κ1) is 14.2. The van der Waals surface area contributed by atoms with Crippen LogP contribution in [0.25, 0.3) is 0 Å². The molecule has 7 heteroatoms. The van der Waals surface area contributed by atoms with Crippen molar-refractivity contribution in [1.29, 1.82) is 0 Å². The van der Waals surface area contributed by atoms with Crippen molar-refractivity contribution in [2.75, 3.05) is 20.2 Å². The number of halogens is 3. The van der Waals surface area contributed by atoms with Gasteiger partial charge in [0.1, 0.15) is 17.2 Å². The Morgan fingerprint density at radius 3 is 2.70 bits per heavy atom. The highest BCUT2D eigenvalue weighted by Crippen LogP contribution is 2.28. The Labute approximate surface area is 113 Å². The van der Waals surface area contributed by atoms with Crippen LogP contribution in [0.2, 0.25) is 0 Å². The summed E-state index contributed by atoms with van der Waals surface area (Å²) in [6, 6.07) is 4.36. The second-order valence-electron chi connectivity index (χ2n) is 4.13. The van der Waals surface area contributed by atoms with Crippen LogP contribution in [-0.2, 0) is 0 Å². The molecule has 2 N–H and O–H groups in total. The molecule has 0 radical (unpaired) electrons. The monoisotopic (exact) mass is 286 g/mol. The first-order chi connectivity index (χ1) is 9.41. The van der Waals surface area contributed by atoms with Crippen LogP contribution in [0.15, 0.2) is 35.0 Å². The predicted octanol–water partition coefficient (Wildman–Crippen LogP) is 2.24. The molecule has 20 heavy (non-hydrogen) atoms. The van der Waals surface area contributed by atoms with Gasteiger partial charge in [-0.2, -0.15) is 13.2 Å². The van der Waals surface area contributed by atoms with Gasteiger partial charge in [0.25, 0.3) is 0 Å².